The molecule has 144 valence electrons. The van der Waals surface area contributed by atoms with E-state index in [0.29, 0.717) is 0 Å². The highest BCUT2D eigenvalue weighted by Gasteiger charge is 2.62. The lowest BCUT2D eigenvalue weighted by Crippen LogP contribution is -2.37. The van der Waals surface area contributed by atoms with E-state index in [9.17, 15) is 40.0 Å². The third kappa shape index (κ3) is 2.28. The van der Waals surface area contributed by atoms with Gasteiger partial charge in [-0.05, 0) is 0 Å². The second kappa shape index (κ2) is 5.56. The van der Waals surface area contributed by atoms with Crippen LogP contribution >= 0.6 is 0 Å². The van der Waals surface area contributed by atoms with Crippen molar-refractivity contribution in [3.05, 3.63) is 41.2 Å². The largest absolute Gasteiger partial charge is 0.365 e. The van der Waals surface area contributed by atoms with E-state index in [1.807, 2.05) is 0 Å². The van der Waals surface area contributed by atoms with Crippen molar-refractivity contribution < 1.29 is 49.0 Å². The fourth-order valence-corrected chi connectivity index (χ4v) is 4.33. The monoisotopic (exact) mass is 411 g/mol. The molecular formula is C14H6F5NO6S. The Morgan fingerprint density at radius 3 is 1.67 bits per heavy atom. The van der Waals surface area contributed by atoms with Gasteiger partial charge in [-0.1, -0.05) is 12.2 Å². The summed E-state index contributed by atoms with van der Waals surface area (Å²) in [4.78, 5) is 22.2. The molecule has 2 amide bonds. The Bertz CT molecular complexity index is 982. The molecule has 3 aliphatic rings. The molecule has 0 N–H and O–H groups in total. The second-order valence-corrected chi connectivity index (χ2v) is 7.37. The lowest BCUT2D eigenvalue weighted by molar-refractivity contribution is -0.168. The molecule has 0 saturated carbocycles. The molecule has 1 aromatic rings. The molecule has 4 unspecified atom stereocenters. The first kappa shape index (κ1) is 18.0. The topological polar surface area (TPSA) is 90.0 Å². The Balaban J connectivity index is 1.72. The fraction of sp³-hybridized carbons (Fsp3) is 0.286. The minimum absolute atomic E-state index is 0.252. The van der Waals surface area contributed by atoms with Gasteiger partial charge < -0.3 is 4.74 Å². The minimum atomic E-state index is -5.75. The summed E-state index contributed by atoms with van der Waals surface area (Å²) < 4.78 is 101. The maximum Gasteiger partial charge on any atom is 0.324 e. The summed E-state index contributed by atoms with van der Waals surface area (Å²) in [6.07, 6.45) is 1.31. The van der Waals surface area contributed by atoms with E-state index in [2.05, 4.69) is 4.28 Å². The van der Waals surface area contributed by atoms with Crippen LogP contribution < -0.4 is 0 Å². The van der Waals surface area contributed by atoms with Crippen molar-refractivity contribution in [2.75, 3.05) is 0 Å². The van der Waals surface area contributed by atoms with Gasteiger partial charge in [0.1, 0.15) is 0 Å². The Morgan fingerprint density at radius 2 is 1.22 bits per heavy atom. The second-order valence-electron chi connectivity index (χ2n) is 5.90. The summed E-state index contributed by atoms with van der Waals surface area (Å²) in [5.74, 6) is -17.6. The minimum Gasteiger partial charge on any atom is -0.365 e. The molecule has 2 fully saturated rings. The zero-order chi connectivity index (χ0) is 19.8. The van der Waals surface area contributed by atoms with Crippen molar-refractivity contribution in [3.8, 4) is 0 Å². The molecule has 2 bridgehead atoms. The molecule has 3 heterocycles. The van der Waals surface area contributed by atoms with Crippen molar-refractivity contribution in [2.24, 2.45) is 11.8 Å². The number of carbonyl (C=O) groups excluding carboxylic acids is 2. The van der Waals surface area contributed by atoms with Crippen molar-refractivity contribution in [1.29, 1.82) is 0 Å². The standard InChI is InChI=1S/C14H6F5NO6S/c15-7-8(16)10(18)12(11(19)9(7)17)27(23,24)26-20-13(21)5-3-1-2-4(25-3)6(5)14(20)22/h1-6H. The number of carbonyl (C=O) groups is 2. The molecule has 4 rings (SSSR count). The molecule has 1 aromatic carbocycles. The van der Waals surface area contributed by atoms with E-state index in [1.54, 1.807) is 0 Å². The summed E-state index contributed by atoms with van der Waals surface area (Å²) in [5, 5.41) is -0.252. The third-order valence-corrected chi connectivity index (χ3v) is 5.67. The molecule has 0 spiro atoms. The molecule has 3 aliphatic heterocycles. The Kier molecular flexibility index (Phi) is 3.71. The number of rotatable bonds is 3. The molecule has 2 saturated heterocycles. The zero-order valence-electron chi connectivity index (χ0n) is 12.7. The van der Waals surface area contributed by atoms with Crippen LogP contribution in [0.3, 0.4) is 0 Å². The van der Waals surface area contributed by atoms with Crippen molar-refractivity contribution in [2.45, 2.75) is 17.1 Å². The first-order chi connectivity index (χ1) is 12.6. The Labute approximate surface area is 147 Å². The van der Waals surface area contributed by atoms with Crippen LogP contribution in [0.15, 0.2) is 17.0 Å². The fourth-order valence-electron chi connectivity index (χ4n) is 3.29. The van der Waals surface area contributed by atoms with Crippen molar-refractivity contribution >= 4 is 21.9 Å². The van der Waals surface area contributed by atoms with E-state index in [4.69, 9.17) is 4.74 Å². The average molecular weight is 411 g/mol. The van der Waals surface area contributed by atoms with Gasteiger partial charge in [0.05, 0.1) is 24.0 Å². The SMILES string of the molecule is O=C1C2C3C=CC(O3)C2C(=O)N1OS(=O)(=O)c1c(F)c(F)c(F)c(F)c1F. The van der Waals surface area contributed by atoms with E-state index < -0.39 is 80.0 Å². The molecule has 7 nitrogen and oxygen atoms in total. The number of imide groups is 1. The number of hydrogen-bond acceptors (Lipinski definition) is 6. The highest BCUT2D eigenvalue weighted by Crippen LogP contribution is 2.45. The first-order valence-corrected chi connectivity index (χ1v) is 8.64. The first-order valence-electron chi connectivity index (χ1n) is 7.24. The van der Waals surface area contributed by atoms with Gasteiger partial charge in [0.15, 0.2) is 28.2 Å². The maximum atomic E-state index is 13.7. The van der Waals surface area contributed by atoms with Gasteiger partial charge in [0.25, 0.3) is 11.8 Å². The number of amides is 2. The maximum absolute atomic E-state index is 13.7. The summed E-state index contributed by atoms with van der Waals surface area (Å²) in [5.41, 5.74) is 0. The number of ether oxygens (including phenoxy) is 1. The van der Waals surface area contributed by atoms with Crippen LogP contribution in [0.5, 0.6) is 0 Å². The summed E-state index contributed by atoms with van der Waals surface area (Å²) in [6.45, 7) is 0. The van der Waals surface area contributed by atoms with Crippen LogP contribution in [0.4, 0.5) is 22.0 Å². The van der Waals surface area contributed by atoms with Crippen LogP contribution in [-0.4, -0.2) is 37.5 Å². The molecular weight excluding hydrogens is 405 g/mol. The molecule has 13 heteroatoms. The highest BCUT2D eigenvalue weighted by molar-refractivity contribution is 7.86. The van der Waals surface area contributed by atoms with E-state index in [-0.39, 0.29) is 5.06 Å². The Morgan fingerprint density at radius 1 is 0.815 bits per heavy atom. The van der Waals surface area contributed by atoms with Gasteiger partial charge in [-0.2, -0.15) is 8.42 Å². The number of fused-ring (bicyclic) bond motifs is 5. The molecule has 27 heavy (non-hydrogen) atoms. The molecule has 0 aromatic heterocycles. The lowest BCUT2D eigenvalue weighted by Gasteiger charge is -2.17. The third-order valence-electron chi connectivity index (χ3n) is 4.46. The van der Waals surface area contributed by atoms with Crippen LogP contribution in [0.2, 0.25) is 0 Å². The van der Waals surface area contributed by atoms with Crippen molar-refractivity contribution in [3.63, 3.8) is 0 Å². The van der Waals surface area contributed by atoms with Gasteiger partial charge in [0, 0.05) is 0 Å². The molecule has 0 radical (unpaired) electrons. The molecule has 0 aliphatic carbocycles. The normalized spacial score (nSPS) is 29.1. The average Bonchev–Trinajstić information content (AvgIpc) is 3.28. The number of nitrogens with zero attached hydrogens (tertiary/aromatic N) is 1. The van der Waals surface area contributed by atoms with Gasteiger partial charge in [0.2, 0.25) is 5.82 Å². The lowest BCUT2D eigenvalue weighted by atomic mass is 9.85. The predicted octanol–water partition coefficient (Wildman–Crippen LogP) is 0.941. The number of hydroxylamine groups is 2. The number of hydrogen-bond donors (Lipinski definition) is 0. The van der Waals surface area contributed by atoms with E-state index in [0.717, 1.165) is 0 Å². The predicted molar refractivity (Wildman–Crippen MR) is 71.1 cm³/mol. The zero-order valence-corrected chi connectivity index (χ0v) is 13.5. The van der Waals surface area contributed by atoms with E-state index >= 15 is 0 Å². The number of halogens is 5. The summed E-state index contributed by atoms with van der Waals surface area (Å²) in [6, 6.07) is 0. The van der Waals surface area contributed by atoms with Gasteiger partial charge >= 0.3 is 10.1 Å². The van der Waals surface area contributed by atoms with E-state index in [1.165, 1.54) is 12.2 Å². The molecule has 4 atom stereocenters. The quantitative estimate of drug-likeness (QED) is 0.242. The van der Waals surface area contributed by atoms with Gasteiger partial charge in [-0.15, -0.1) is 9.35 Å². The van der Waals surface area contributed by atoms with Crippen LogP contribution in [-0.2, 0) is 28.7 Å². The van der Waals surface area contributed by atoms with Gasteiger partial charge in [-0.3, -0.25) is 9.59 Å². The summed E-state index contributed by atoms with van der Waals surface area (Å²) >= 11 is 0. The summed E-state index contributed by atoms with van der Waals surface area (Å²) in [7, 11) is -5.75. The van der Waals surface area contributed by atoms with Gasteiger partial charge in [-0.25, -0.2) is 22.0 Å². The smallest absolute Gasteiger partial charge is 0.324 e. The van der Waals surface area contributed by atoms with Crippen LogP contribution in [0.1, 0.15) is 0 Å². The van der Waals surface area contributed by atoms with Crippen LogP contribution in [0, 0.1) is 40.9 Å². The van der Waals surface area contributed by atoms with Crippen molar-refractivity contribution in [1.82, 2.24) is 5.06 Å². The highest BCUT2D eigenvalue weighted by atomic mass is 32.2. The van der Waals surface area contributed by atoms with Crippen LogP contribution in [0.25, 0.3) is 0 Å². The Hall–Kier alpha value is -2.38. The number of benzene rings is 1.